The highest BCUT2D eigenvalue weighted by Crippen LogP contribution is 2.41. The molecule has 6 bridgehead atoms. The summed E-state index contributed by atoms with van der Waals surface area (Å²) >= 11 is 0. The molecule has 188 valence electrons. The molecule has 2 aliphatic rings. The lowest BCUT2D eigenvalue weighted by Gasteiger charge is -2.17. The second-order valence-electron chi connectivity index (χ2n) is 8.75. The molecule has 0 amide bonds. The minimum atomic E-state index is -0.0857. The van der Waals surface area contributed by atoms with Crippen LogP contribution in [0.25, 0.3) is 0 Å². The molecule has 0 atom stereocenters. The van der Waals surface area contributed by atoms with Gasteiger partial charge in [0.1, 0.15) is 11.5 Å². The molecule has 6 rings (SSSR count). The van der Waals surface area contributed by atoms with Gasteiger partial charge >= 0.3 is 0 Å². The standard InChI is InChI=1S/C31H28O6/c1-33-27-9-5-7-22-13-10-20-11-14-24(15-12-20)36-29-19-23(18-28(34-2)31(29)35-3)26(32)17-21-6-4-8-25(16-21)37-30(22)27/h4-9,11-12,14-16,18-19H,10,13,17H2,1-3H3. The Balaban J connectivity index is 1.61. The molecule has 37 heavy (non-hydrogen) atoms. The van der Waals surface area contributed by atoms with Gasteiger partial charge in [0.05, 0.1) is 21.3 Å². The summed E-state index contributed by atoms with van der Waals surface area (Å²) in [6.45, 7) is 0. The fourth-order valence-corrected chi connectivity index (χ4v) is 4.46. The summed E-state index contributed by atoms with van der Waals surface area (Å²) in [6, 6.07) is 24.7. The first-order valence-corrected chi connectivity index (χ1v) is 12.1. The number of rotatable bonds is 3. The topological polar surface area (TPSA) is 63.2 Å². The molecule has 0 aromatic heterocycles. The van der Waals surface area contributed by atoms with Crippen molar-refractivity contribution >= 4 is 5.78 Å². The third-order valence-corrected chi connectivity index (χ3v) is 6.36. The van der Waals surface area contributed by atoms with Crippen LogP contribution in [0.3, 0.4) is 0 Å². The van der Waals surface area contributed by atoms with Crippen molar-refractivity contribution in [1.29, 1.82) is 0 Å². The van der Waals surface area contributed by atoms with E-state index in [0.29, 0.717) is 45.8 Å². The summed E-state index contributed by atoms with van der Waals surface area (Å²) in [4.78, 5) is 13.4. The Bertz CT molecular complexity index is 1420. The SMILES string of the molecule is COc1cccc2c1Oc1cccc(c1)CC(=O)c1cc(OC)c(OC)c(c1)Oc1ccc(cc1)CC2. The van der Waals surface area contributed by atoms with Crippen LogP contribution in [0.5, 0.6) is 40.2 Å². The van der Waals surface area contributed by atoms with Gasteiger partial charge in [0.2, 0.25) is 5.75 Å². The molecular formula is C31H28O6. The molecule has 0 radical (unpaired) electrons. The fourth-order valence-electron chi connectivity index (χ4n) is 4.46. The zero-order valence-corrected chi connectivity index (χ0v) is 21.1. The van der Waals surface area contributed by atoms with Gasteiger partial charge in [0, 0.05) is 12.0 Å². The van der Waals surface area contributed by atoms with Gasteiger partial charge in [-0.05, 0) is 72.0 Å². The van der Waals surface area contributed by atoms with Gasteiger partial charge in [-0.2, -0.15) is 0 Å². The monoisotopic (exact) mass is 496 g/mol. The molecule has 4 aromatic carbocycles. The van der Waals surface area contributed by atoms with E-state index in [9.17, 15) is 4.79 Å². The smallest absolute Gasteiger partial charge is 0.203 e. The molecule has 0 N–H and O–H groups in total. The molecule has 6 nitrogen and oxygen atoms in total. The zero-order valence-electron chi connectivity index (χ0n) is 21.1. The molecule has 0 unspecified atom stereocenters. The van der Waals surface area contributed by atoms with Crippen molar-refractivity contribution in [1.82, 2.24) is 0 Å². The van der Waals surface area contributed by atoms with Crippen LogP contribution in [0.4, 0.5) is 0 Å². The van der Waals surface area contributed by atoms with Crippen molar-refractivity contribution in [3.8, 4) is 40.2 Å². The molecule has 2 aliphatic heterocycles. The Kier molecular flexibility index (Phi) is 6.99. The Morgan fingerprint density at radius 3 is 2.22 bits per heavy atom. The summed E-state index contributed by atoms with van der Waals surface area (Å²) < 4.78 is 29.2. The number of ether oxygens (including phenoxy) is 5. The van der Waals surface area contributed by atoms with Crippen molar-refractivity contribution in [2.24, 2.45) is 0 Å². The van der Waals surface area contributed by atoms with E-state index in [4.69, 9.17) is 23.7 Å². The third kappa shape index (κ3) is 5.23. The highest BCUT2D eigenvalue weighted by Gasteiger charge is 2.19. The number of carbonyl (C=O) groups excluding carboxylic acids is 1. The lowest BCUT2D eigenvalue weighted by Crippen LogP contribution is -2.06. The van der Waals surface area contributed by atoms with Gasteiger partial charge in [-0.3, -0.25) is 4.79 Å². The molecule has 0 spiro atoms. The van der Waals surface area contributed by atoms with Gasteiger partial charge in [0.15, 0.2) is 28.8 Å². The summed E-state index contributed by atoms with van der Waals surface area (Å²) in [5.74, 6) is 3.79. The second kappa shape index (κ2) is 10.7. The lowest BCUT2D eigenvalue weighted by atomic mass is 10.0. The number of benzene rings is 4. The number of aryl methyl sites for hydroxylation is 2. The van der Waals surface area contributed by atoms with Gasteiger partial charge in [0.25, 0.3) is 0 Å². The van der Waals surface area contributed by atoms with E-state index < -0.39 is 0 Å². The largest absolute Gasteiger partial charge is 0.493 e. The van der Waals surface area contributed by atoms with Crippen LogP contribution in [0.2, 0.25) is 0 Å². The first-order chi connectivity index (χ1) is 18.1. The van der Waals surface area contributed by atoms with Gasteiger partial charge in [-0.15, -0.1) is 0 Å². The average Bonchev–Trinajstić information content (AvgIpc) is 2.92. The predicted molar refractivity (Wildman–Crippen MR) is 141 cm³/mol. The van der Waals surface area contributed by atoms with Crippen LogP contribution in [0.1, 0.15) is 27.0 Å². The molecule has 0 saturated carbocycles. The molecule has 2 heterocycles. The predicted octanol–water partition coefficient (Wildman–Crippen LogP) is 6.82. The summed E-state index contributed by atoms with van der Waals surface area (Å²) in [7, 11) is 4.72. The van der Waals surface area contributed by atoms with Crippen LogP contribution >= 0.6 is 0 Å². The van der Waals surface area contributed by atoms with Crippen molar-refractivity contribution in [2.75, 3.05) is 21.3 Å². The lowest BCUT2D eigenvalue weighted by molar-refractivity contribution is 0.0992. The van der Waals surface area contributed by atoms with Crippen molar-refractivity contribution in [3.05, 3.63) is 101 Å². The highest BCUT2D eigenvalue weighted by molar-refractivity contribution is 5.98. The second-order valence-corrected chi connectivity index (χ2v) is 8.75. The van der Waals surface area contributed by atoms with Gasteiger partial charge in [-0.25, -0.2) is 0 Å². The van der Waals surface area contributed by atoms with E-state index in [2.05, 4.69) is 0 Å². The maximum atomic E-state index is 13.4. The van der Waals surface area contributed by atoms with E-state index in [1.165, 1.54) is 7.11 Å². The van der Waals surface area contributed by atoms with Crippen LogP contribution in [-0.4, -0.2) is 27.1 Å². The van der Waals surface area contributed by atoms with Gasteiger partial charge in [-0.1, -0.05) is 36.4 Å². The van der Waals surface area contributed by atoms with Crippen LogP contribution in [0.15, 0.2) is 78.9 Å². The molecule has 0 aliphatic carbocycles. The Morgan fingerprint density at radius 2 is 1.46 bits per heavy atom. The Hall–Kier alpha value is -4.45. The highest BCUT2D eigenvalue weighted by atomic mass is 16.5. The quantitative estimate of drug-likeness (QED) is 0.310. The third-order valence-electron chi connectivity index (χ3n) is 6.36. The molecular weight excluding hydrogens is 468 g/mol. The van der Waals surface area contributed by atoms with Crippen LogP contribution in [-0.2, 0) is 19.3 Å². The summed E-state index contributed by atoms with van der Waals surface area (Å²) in [5.41, 5.74) is 3.47. The Morgan fingerprint density at radius 1 is 0.676 bits per heavy atom. The maximum Gasteiger partial charge on any atom is 0.203 e. The zero-order chi connectivity index (χ0) is 25.8. The first-order valence-electron chi connectivity index (χ1n) is 12.1. The number of ketones is 1. The number of carbonyl (C=O) groups is 1. The Labute approximate surface area is 216 Å². The number of Topliss-reactive ketones (excluding diaryl/α,β-unsaturated/α-hetero) is 1. The van der Waals surface area contributed by atoms with E-state index in [1.807, 2.05) is 66.7 Å². The summed E-state index contributed by atoms with van der Waals surface area (Å²) in [5, 5.41) is 0. The van der Waals surface area contributed by atoms with Crippen molar-refractivity contribution < 1.29 is 28.5 Å². The van der Waals surface area contributed by atoms with E-state index in [0.717, 1.165) is 29.5 Å². The minimum absolute atomic E-state index is 0.0857. The van der Waals surface area contributed by atoms with E-state index in [-0.39, 0.29) is 12.2 Å². The van der Waals surface area contributed by atoms with Crippen molar-refractivity contribution in [3.63, 3.8) is 0 Å². The maximum absolute atomic E-state index is 13.4. The number of hydrogen-bond acceptors (Lipinski definition) is 6. The fraction of sp³-hybridized carbons (Fsp3) is 0.194. The number of hydrogen-bond donors (Lipinski definition) is 0. The average molecular weight is 497 g/mol. The molecule has 4 aromatic rings. The van der Waals surface area contributed by atoms with Gasteiger partial charge < -0.3 is 23.7 Å². The summed E-state index contributed by atoms with van der Waals surface area (Å²) in [6.07, 6.45) is 1.75. The minimum Gasteiger partial charge on any atom is -0.493 e. The molecule has 6 heteroatoms. The molecule has 0 saturated heterocycles. The number of fused-ring (bicyclic) bond motifs is 4. The number of para-hydroxylation sites is 1. The molecule has 0 fully saturated rings. The van der Waals surface area contributed by atoms with E-state index >= 15 is 0 Å². The van der Waals surface area contributed by atoms with E-state index in [1.54, 1.807) is 26.4 Å². The van der Waals surface area contributed by atoms with Crippen molar-refractivity contribution in [2.45, 2.75) is 19.3 Å². The van der Waals surface area contributed by atoms with Crippen LogP contribution < -0.4 is 23.7 Å². The van der Waals surface area contributed by atoms with Crippen LogP contribution in [0, 0.1) is 0 Å². The number of methoxy groups -OCH3 is 3. The normalized spacial score (nSPS) is 12.9. The first kappa shape index (κ1) is 24.3.